The minimum absolute atomic E-state index is 0.0247. The molecule has 118 valence electrons. The number of oxime groups is 1. The van der Waals surface area contributed by atoms with Crippen LogP contribution >= 0.6 is 0 Å². The topological polar surface area (TPSA) is 129 Å². The quantitative estimate of drug-likeness (QED) is 0.232. The van der Waals surface area contributed by atoms with Gasteiger partial charge in [0.15, 0.2) is 5.84 Å². The third kappa shape index (κ3) is 4.17. The van der Waals surface area contributed by atoms with E-state index in [2.05, 4.69) is 25.7 Å². The summed E-state index contributed by atoms with van der Waals surface area (Å²) >= 11 is 0. The molecule has 0 aliphatic carbocycles. The number of nitrogens with two attached hydrogens (primary N) is 1. The summed E-state index contributed by atoms with van der Waals surface area (Å²) in [4.78, 5) is 16.5. The van der Waals surface area contributed by atoms with E-state index in [4.69, 9.17) is 10.9 Å². The van der Waals surface area contributed by atoms with Crippen LogP contribution in [-0.4, -0.2) is 38.7 Å². The lowest BCUT2D eigenvalue weighted by Crippen LogP contribution is -2.50. The molecule has 21 heavy (non-hydrogen) atoms. The number of nitrogens with one attached hydrogen (secondary N) is 2. The molecule has 8 heteroatoms. The predicted molar refractivity (Wildman–Crippen MR) is 78.8 cm³/mol. The van der Waals surface area contributed by atoms with Gasteiger partial charge >= 0.3 is 0 Å². The average molecular weight is 296 g/mol. The molecule has 8 nitrogen and oxygen atoms in total. The standard InChI is InChI=1S/C13H24N6O2/c1-3-6-13(7-4-2,11(14)19-21)12(20)15-8-5-10-16-9-17-18-10/h9,21H,3-8H2,1-2H3,(H2,14,19)(H,15,20)(H,16,17,18). The highest BCUT2D eigenvalue weighted by atomic mass is 16.4. The second-order valence-electron chi connectivity index (χ2n) is 5.01. The van der Waals surface area contributed by atoms with E-state index in [9.17, 15) is 4.79 Å². The Labute approximate surface area is 124 Å². The molecule has 1 aromatic heterocycles. The van der Waals surface area contributed by atoms with Crippen molar-refractivity contribution in [1.29, 1.82) is 0 Å². The minimum Gasteiger partial charge on any atom is -0.409 e. The van der Waals surface area contributed by atoms with Crippen LogP contribution in [-0.2, 0) is 11.2 Å². The summed E-state index contributed by atoms with van der Waals surface area (Å²) < 4.78 is 0. The molecule has 0 aliphatic rings. The van der Waals surface area contributed by atoms with Crippen LogP contribution in [0.5, 0.6) is 0 Å². The van der Waals surface area contributed by atoms with Gasteiger partial charge in [-0.2, -0.15) is 5.10 Å². The summed E-state index contributed by atoms with van der Waals surface area (Å²) in [5.41, 5.74) is 4.86. The Bertz CT molecular complexity index is 451. The van der Waals surface area contributed by atoms with Crippen molar-refractivity contribution < 1.29 is 10.0 Å². The summed E-state index contributed by atoms with van der Waals surface area (Å²) in [5, 5.41) is 21.4. The van der Waals surface area contributed by atoms with Gasteiger partial charge in [-0.25, -0.2) is 4.98 Å². The highest BCUT2D eigenvalue weighted by Gasteiger charge is 2.41. The summed E-state index contributed by atoms with van der Waals surface area (Å²) in [6.07, 6.45) is 4.61. The smallest absolute Gasteiger partial charge is 0.233 e. The number of rotatable bonds is 9. The average Bonchev–Trinajstić information content (AvgIpc) is 2.99. The van der Waals surface area contributed by atoms with Crippen molar-refractivity contribution in [3.05, 3.63) is 12.2 Å². The summed E-state index contributed by atoms with van der Waals surface area (Å²) in [6.45, 7) is 4.36. The molecule has 1 heterocycles. The van der Waals surface area contributed by atoms with Crippen LogP contribution in [0.25, 0.3) is 0 Å². The Morgan fingerprint density at radius 2 is 2.14 bits per heavy atom. The molecular formula is C13H24N6O2. The second kappa shape index (κ2) is 8.23. The van der Waals surface area contributed by atoms with Crippen LogP contribution in [0.3, 0.4) is 0 Å². The number of nitrogens with zero attached hydrogens (tertiary/aromatic N) is 3. The maximum atomic E-state index is 12.5. The number of aromatic amines is 1. The molecule has 0 spiro atoms. The lowest BCUT2D eigenvalue weighted by atomic mass is 9.77. The molecule has 1 aromatic rings. The van der Waals surface area contributed by atoms with Gasteiger partial charge in [-0.15, -0.1) is 0 Å². The highest BCUT2D eigenvalue weighted by Crippen LogP contribution is 2.30. The van der Waals surface area contributed by atoms with Crippen LogP contribution in [0.15, 0.2) is 11.5 Å². The first kappa shape index (κ1) is 16.9. The molecule has 0 aromatic carbocycles. The van der Waals surface area contributed by atoms with Gasteiger partial charge in [0.1, 0.15) is 17.6 Å². The second-order valence-corrected chi connectivity index (χ2v) is 5.01. The van der Waals surface area contributed by atoms with Gasteiger partial charge in [-0.3, -0.25) is 9.89 Å². The van der Waals surface area contributed by atoms with E-state index in [1.165, 1.54) is 6.33 Å². The number of hydrogen-bond acceptors (Lipinski definition) is 5. The van der Waals surface area contributed by atoms with E-state index in [0.29, 0.717) is 31.6 Å². The largest absolute Gasteiger partial charge is 0.409 e. The molecule has 0 radical (unpaired) electrons. The molecule has 0 saturated heterocycles. The van der Waals surface area contributed by atoms with Crippen LogP contribution < -0.4 is 11.1 Å². The van der Waals surface area contributed by atoms with Crippen LogP contribution in [0.1, 0.15) is 45.4 Å². The number of amides is 1. The number of carbonyl (C=O) groups excluding carboxylic acids is 1. The lowest BCUT2D eigenvalue weighted by Gasteiger charge is -2.30. The number of amidine groups is 1. The van der Waals surface area contributed by atoms with E-state index in [0.717, 1.165) is 12.8 Å². The van der Waals surface area contributed by atoms with Gasteiger partial charge in [-0.05, 0) is 12.8 Å². The maximum absolute atomic E-state index is 12.5. The van der Waals surface area contributed by atoms with Crippen molar-refractivity contribution >= 4 is 11.7 Å². The van der Waals surface area contributed by atoms with Crippen molar-refractivity contribution in [2.24, 2.45) is 16.3 Å². The molecule has 1 rings (SSSR count). The first-order valence-electron chi connectivity index (χ1n) is 7.21. The van der Waals surface area contributed by atoms with Crippen molar-refractivity contribution in [2.45, 2.75) is 46.0 Å². The van der Waals surface area contributed by atoms with Gasteiger partial charge in [0.2, 0.25) is 5.91 Å². The number of H-pyrrole nitrogens is 1. The predicted octanol–water partition coefficient (Wildman–Crippen LogP) is 0.796. The first-order chi connectivity index (χ1) is 10.1. The Kier molecular flexibility index (Phi) is 6.64. The molecule has 0 aliphatic heterocycles. The minimum atomic E-state index is -0.945. The third-order valence-corrected chi connectivity index (χ3v) is 3.50. The van der Waals surface area contributed by atoms with Gasteiger partial charge in [-0.1, -0.05) is 31.8 Å². The van der Waals surface area contributed by atoms with E-state index < -0.39 is 5.41 Å². The maximum Gasteiger partial charge on any atom is 0.233 e. The van der Waals surface area contributed by atoms with E-state index in [-0.39, 0.29) is 11.7 Å². The zero-order valence-corrected chi connectivity index (χ0v) is 12.6. The molecule has 0 fully saturated rings. The zero-order valence-electron chi connectivity index (χ0n) is 12.6. The fourth-order valence-corrected chi connectivity index (χ4v) is 2.49. The molecule has 0 saturated carbocycles. The van der Waals surface area contributed by atoms with Gasteiger partial charge in [0, 0.05) is 13.0 Å². The Morgan fingerprint density at radius 3 is 2.62 bits per heavy atom. The molecule has 0 unspecified atom stereocenters. The Morgan fingerprint density at radius 1 is 1.48 bits per heavy atom. The van der Waals surface area contributed by atoms with E-state index in [1.54, 1.807) is 0 Å². The molecule has 0 atom stereocenters. The van der Waals surface area contributed by atoms with E-state index in [1.807, 2.05) is 13.8 Å². The van der Waals surface area contributed by atoms with Crippen molar-refractivity contribution in [3.63, 3.8) is 0 Å². The Hall–Kier alpha value is -2.12. The van der Waals surface area contributed by atoms with Crippen molar-refractivity contribution in [2.75, 3.05) is 6.54 Å². The fraction of sp³-hybridized carbons (Fsp3) is 0.692. The van der Waals surface area contributed by atoms with Crippen LogP contribution in [0, 0.1) is 5.41 Å². The van der Waals surface area contributed by atoms with Gasteiger partial charge in [0.25, 0.3) is 0 Å². The number of aromatic nitrogens is 3. The number of carbonyl (C=O) groups is 1. The van der Waals surface area contributed by atoms with Gasteiger partial charge in [0.05, 0.1) is 0 Å². The molecule has 1 amide bonds. The normalized spacial score (nSPS) is 12.4. The van der Waals surface area contributed by atoms with Crippen molar-refractivity contribution in [1.82, 2.24) is 20.5 Å². The fourth-order valence-electron chi connectivity index (χ4n) is 2.49. The summed E-state index contributed by atoms with van der Waals surface area (Å²) in [7, 11) is 0. The summed E-state index contributed by atoms with van der Waals surface area (Å²) in [6, 6.07) is 0. The molecule has 5 N–H and O–H groups in total. The van der Waals surface area contributed by atoms with Crippen LogP contribution in [0.4, 0.5) is 0 Å². The SMILES string of the molecule is CCCC(CCC)(C(=O)NCCc1ncn[nH]1)C(N)=NO. The monoisotopic (exact) mass is 296 g/mol. The Balaban J connectivity index is 2.74. The number of hydrogen-bond donors (Lipinski definition) is 4. The molecule has 0 bridgehead atoms. The summed E-state index contributed by atoms with van der Waals surface area (Å²) in [5.74, 6) is 0.472. The molecular weight excluding hydrogens is 272 g/mol. The lowest BCUT2D eigenvalue weighted by molar-refractivity contribution is -0.128. The first-order valence-corrected chi connectivity index (χ1v) is 7.21. The zero-order chi connectivity index (χ0) is 15.7. The van der Waals surface area contributed by atoms with E-state index >= 15 is 0 Å². The van der Waals surface area contributed by atoms with Crippen molar-refractivity contribution in [3.8, 4) is 0 Å². The van der Waals surface area contributed by atoms with Crippen LogP contribution in [0.2, 0.25) is 0 Å². The third-order valence-electron chi connectivity index (χ3n) is 3.50. The highest BCUT2D eigenvalue weighted by molar-refractivity contribution is 6.06. The van der Waals surface area contributed by atoms with Gasteiger partial charge < -0.3 is 16.3 Å².